The van der Waals surface area contributed by atoms with Crippen LogP contribution in [0.15, 0.2) is 134 Å². The highest BCUT2D eigenvalue weighted by atomic mass is 31.2. The van der Waals surface area contributed by atoms with Gasteiger partial charge in [0.25, 0.3) is 0 Å². The maximum Gasteiger partial charge on any atom is 0.472 e. The number of phosphoric acid groups is 1. The summed E-state index contributed by atoms with van der Waals surface area (Å²) in [6, 6.07) is 0. The molecule has 0 rings (SSSR count). The van der Waals surface area contributed by atoms with Crippen molar-refractivity contribution in [2.24, 2.45) is 0 Å². The Morgan fingerprint density at radius 2 is 1.08 bits per heavy atom. The number of unbranched alkanes of at least 4 members (excludes halogenated alkanes) is 1. The first-order valence-corrected chi connectivity index (χ1v) is 23.5. The topological polar surface area (TPSA) is 129 Å². The summed E-state index contributed by atoms with van der Waals surface area (Å²) >= 11 is 0. The summed E-state index contributed by atoms with van der Waals surface area (Å²) in [7, 11) is 1.34. The Balaban J connectivity index is 4.67. The second kappa shape index (κ2) is 40.2. The number of nitrogens with zero attached hydrogens (tertiary/aromatic N) is 1. The van der Waals surface area contributed by atoms with Gasteiger partial charge in [0.05, 0.1) is 33.9 Å². The summed E-state index contributed by atoms with van der Waals surface area (Å²) < 4.78 is 34.1. The Bertz CT molecular complexity index is 1510. The molecule has 0 amide bonds. The van der Waals surface area contributed by atoms with E-state index in [1.165, 1.54) is 0 Å². The van der Waals surface area contributed by atoms with Gasteiger partial charge in [-0.25, -0.2) is 4.57 Å². The van der Waals surface area contributed by atoms with Gasteiger partial charge in [0.15, 0.2) is 6.10 Å². The fraction of sp³-hybridized carbons (Fsp3) is 0.520. The number of quaternary nitrogens is 1. The van der Waals surface area contributed by atoms with E-state index in [9.17, 15) is 24.2 Å². The largest absolute Gasteiger partial charge is 0.472 e. The van der Waals surface area contributed by atoms with Gasteiger partial charge in [-0.1, -0.05) is 148 Å². The van der Waals surface area contributed by atoms with Gasteiger partial charge < -0.3 is 24.0 Å². The van der Waals surface area contributed by atoms with Crippen molar-refractivity contribution in [3.63, 3.8) is 0 Å². The minimum atomic E-state index is -4.43. The van der Waals surface area contributed by atoms with Crippen LogP contribution in [-0.2, 0) is 32.7 Å². The van der Waals surface area contributed by atoms with Gasteiger partial charge in [-0.3, -0.25) is 18.6 Å². The van der Waals surface area contributed by atoms with E-state index < -0.39 is 38.6 Å². The molecule has 2 unspecified atom stereocenters. The number of carbonyl (C=O) groups excluding carboxylic acids is 2. The second-order valence-electron chi connectivity index (χ2n) is 15.2. The first kappa shape index (κ1) is 57.1. The molecule has 3 atom stereocenters. The number of carbonyl (C=O) groups is 2. The molecule has 0 aliphatic carbocycles. The molecular weight excluding hydrogens is 790 g/mol. The minimum absolute atomic E-state index is 0.0100. The lowest BCUT2D eigenvalue weighted by atomic mass is 10.2. The van der Waals surface area contributed by atoms with E-state index >= 15 is 0 Å². The van der Waals surface area contributed by atoms with Crippen LogP contribution in [0.5, 0.6) is 0 Å². The highest BCUT2D eigenvalue weighted by molar-refractivity contribution is 7.47. The predicted molar refractivity (Wildman–Crippen MR) is 253 cm³/mol. The Hall–Kier alpha value is -3.89. The summed E-state index contributed by atoms with van der Waals surface area (Å²) in [6.45, 7) is 3.90. The summed E-state index contributed by atoms with van der Waals surface area (Å²) in [5.74, 6) is -1.02. The van der Waals surface area contributed by atoms with Crippen molar-refractivity contribution in [1.82, 2.24) is 0 Å². The number of rotatable bonds is 37. The summed E-state index contributed by atoms with van der Waals surface area (Å²) in [5.41, 5.74) is 0. The molecule has 0 aliphatic rings. The van der Waals surface area contributed by atoms with Gasteiger partial charge in [0.2, 0.25) is 0 Å². The SMILES string of the molecule is CC/C=C\C/C=C\C/C=C\C/C=C\C/C=C\C/C=C\CCC(=O)OC[C@H](COP(=O)(O)OCC[N+](C)(C)C)OC(=O)CCC/C=C\C/C=C\C=C\C(O)C/C=C\C/C=C\CC. The average Bonchev–Trinajstić information content (AvgIpc) is 3.21. The Labute approximate surface area is 369 Å². The standard InChI is InChI=1S/C50H78NO9P/c1-6-8-10-12-14-15-16-17-18-19-20-21-22-23-24-25-29-33-37-41-49(53)57-45-48(46-59-61(55,56)58-44-43-51(3,4)5)60-50(54)42-38-34-30-27-26-28-32-36-40-47(52)39-35-31-13-11-9-7-2/h8-11,14-15,17-18,20-21,23-24,27-33,35-36,40,47-48,52H,6-7,12-13,16,19,22,25-26,34,37-39,41-46H2,1-5H3/p+1/b10-8-,11-9-,15-14-,18-17-,21-20-,24-23-,30-27-,32-28-,33-29-,35-31-,40-36+/t47?,48-/m1/s1. The van der Waals surface area contributed by atoms with E-state index in [-0.39, 0.29) is 26.1 Å². The van der Waals surface area contributed by atoms with Crippen molar-refractivity contribution >= 4 is 19.8 Å². The van der Waals surface area contributed by atoms with E-state index in [0.717, 1.165) is 51.4 Å². The highest BCUT2D eigenvalue weighted by Crippen LogP contribution is 2.43. The van der Waals surface area contributed by atoms with E-state index in [4.69, 9.17) is 18.5 Å². The molecule has 61 heavy (non-hydrogen) atoms. The smallest absolute Gasteiger partial charge is 0.462 e. The molecular formula is C50H79NO9P+. The molecule has 10 nitrogen and oxygen atoms in total. The third kappa shape index (κ3) is 44.0. The Morgan fingerprint density at radius 1 is 0.590 bits per heavy atom. The summed E-state index contributed by atoms with van der Waals surface area (Å²) in [5, 5.41) is 10.0. The number of aliphatic hydroxyl groups is 1. The van der Waals surface area contributed by atoms with Gasteiger partial charge in [-0.2, -0.15) is 0 Å². The average molecular weight is 869 g/mol. The maximum atomic E-state index is 12.7. The summed E-state index contributed by atoms with van der Waals surface area (Å²) in [6.07, 6.45) is 54.1. The number of phosphoric ester groups is 1. The van der Waals surface area contributed by atoms with Crippen molar-refractivity contribution in [1.29, 1.82) is 0 Å². The van der Waals surface area contributed by atoms with Crippen molar-refractivity contribution in [2.75, 3.05) is 47.5 Å². The van der Waals surface area contributed by atoms with Gasteiger partial charge >= 0.3 is 19.8 Å². The van der Waals surface area contributed by atoms with E-state index in [0.29, 0.717) is 43.1 Å². The number of hydrogen-bond donors (Lipinski definition) is 2. The van der Waals surface area contributed by atoms with Crippen LogP contribution in [0.3, 0.4) is 0 Å². The van der Waals surface area contributed by atoms with Crippen LogP contribution in [0.4, 0.5) is 0 Å². The zero-order chi connectivity index (χ0) is 45.1. The lowest BCUT2D eigenvalue weighted by Crippen LogP contribution is -2.37. The lowest BCUT2D eigenvalue weighted by Gasteiger charge is -2.24. The molecule has 0 saturated carbocycles. The number of ether oxygens (including phenoxy) is 2. The summed E-state index contributed by atoms with van der Waals surface area (Å²) in [4.78, 5) is 35.3. The molecule has 0 aromatic heterocycles. The molecule has 0 bridgehead atoms. The van der Waals surface area contributed by atoms with Crippen molar-refractivity contribution in [3.8, 4) is 0 Å². The molecule has 0 aromatic carbocycles. The zero-order valence-corrected chi connectivity index (χ0v) is 38.8. The third-order valence-corrected chi connectivity index (χ3v) is 9.25. The normalized spacial score (nSPS) is 15.3. The van der Waals surface area contributed by atoms with Gasteiger partial charge in [0.1, 0.15) is 19.8 Å². The number of aliphatic hydroxyl groups excluding tert-OH is 1. The number of hydrogen-bond acceptors (Lipinski definition) is 8. The predicted octanol–water partition coefficient (Wildman–Crippen LogP) is 11.7. The van der Waals surface area contributed by atoms with E-state index in [1.807, 2.05) is 75.8 Å². The van der Waals surface area contributed by atoms with Gasteiger partial charge in [0, 0.05) is 12.8 Å². The highest BCUT2D eigenvalue weighted by Gasteiger charge is 2.27. The molecule has 0 heterocycles. The van der Waals surface area contributed by atoms with Crippen molar-refractivity contribution < 1.29 is 47.2 Å². The Morgan fingerprint density at radius 3 is 1.62 bits per heavy atom. The van der Waals surface area contributed by atoms with Crippen LogP contribution < -0.4 is 0 Å². The molecule has 0 radical (unpaired) electrons. The molecule has 0 fully saturated rings. The molecule has 2 N–H and O–H groups in total. The molecule has 0 saturated heterocycles. The van der Waals surface area contributed by atoms with Gasteiger partial charge in [-0.15, -0.1) is 0 Å². The second-order valence-corrected chi connectivity index (χ2v) is 16.6. The van der Waals surface area contributed by atoms with Crippen LogP contribution in [0.1, 0.15) is 110 Å². The maximum absolute atomic E-state index is 12.7. The van der Waals surface area contributed by atoms with Gasteiger partial charge in [-0.05, 0) is 83.5 Å². The lowest BCUT2D eigenvalue weighted by molar-refractivity contribution is -0.870. The van der Waals surface area contributed by atoms with Crippen LogP contribution >= 0.6 is 7.82 Å². The first-order chi connectivity index (χ1) is 29.4. The fourth-order valence-corrected chi connectivity index (χ4v) is 5.60. The zero-order valence-electron chi connectivity index (χ0n) is 37.9. The van der Waals surface area contributed by atoms with E-state index in [2.05, 4.69) is 86.8 Å². The van der Waals surface area contributed by atoms with Crippen molar-refractivity contribution in [3.05, 3.63) is 134 Å². The molecule has 0 aromatic rings. The minimum Gasteiger partial charge on any atom is -0.462 e. The number of likely N-dealkylation sites (N-methyl/N-ethyl adjacent to an activating group) is 1. The number of allylic oxidation sites excluding steroid dienone is 20. The van der Waals surface area contributed by atoms with Crippen LogP contribution in [0, 0.1) is 0 Å². The Kier molecular flexibility index (Phi) is 37.6. The molecule has 0 spiro atoms. The third-order valence-electron chi connectivity index (χ3n) is 8.27. The van der Waals surface area contributed by atoms with E-state index in [1.54, 1.807) is 6.08 Å². The van der Waals surface area contributed by atoms with Crippen molar-refractivity contribution in [2.45, 2.75) is 122 Å². The fourth-order valence-electron chi connectivity index (χ4n) is 4.86. The van der Waals surface area contributed by atoms with Crippen LogP contribution in [0.2, 0.25) is 0 Å². The molecule has 0 aliphatic heterocycles. The molecule has 342 valence electrons. The number of esters is 2. The molecule has 11 heteroatoms. The van der Waals surface area contributed by atoms with Crippen LogP contribution in [0.25, 0.3) is 0 Å². The first-order valence-electron chi connectivity index (χ1n) is 22.0. The quantitative estimate of drug-likeness (QED) is 0.0157. The monoisotopic (exact) mass is 869 g/mol. The van der Waals surface area contributed by atoms with Crippen LogP contribution in [-0.4, -0.2) is 86.1 Å².